The van der Waals surface area contributed by atoms with Gasteiger partial charge in [0, 0.05) is 39.9 Å². The molecule has 0 bridgehead atoms. The van der Waals surface area contributed by atoms with Crippen molar-refractivity contribution in [2.24, 2.45) is 0 Å². The molecule has 30 heavy (non-hydrogen) atoms. The Morgan fingerprint density at radius 2 is 1.20 bits per heavy atom. The number of rotatable bonds is 9. The summed E-state index contributed by atoms with van der Waals surface area (Å²) in [6, 6.07) is -0.783. The van der Waals surface area contributed by atoms with E-state index in [1.807, 2.05) is 0 Å². The lowest BCUT2D eigenvalue weighted by atomic mass is 9.99. The third kappa shape index (κ3) is 7.75. The van der Waals surface area contributed by atoms with Gasteiger partial charge in [0.1, 0.15) is 12.2 Å². The number of hydrogen-bond donors (Lipinski definition) is 4. The molecule has 10 nitrogen and oxygen atoms in total. The summed E-state index contributed by atoms with van der Waals surface area (Å²) in [5.74, 6) is -0.395. The van der Waals surface area contributed by atoms with Crippen molar-refractivity contribution >= 4 is 11.8 Å². The van der Waals surface area contributed by atoms with Crippen molar-refractivity contribution in [3.05, 3.63) is 0 Å². The van der Waals surface area contributed by atoms with Crippen molar-refractivity contribution in [3.63, 3.8) is 0 Å². The highest BCUT2D eigenvalue weighted by Gasteiger charge is 2.37. The van der Waals surface area contributed by atoms with Crippen LogP contribution in [0.15, 0.2) is 0 Å². The predicted octanol–water partition coefficient (Wildman–Crippen LogP) is -0.199. The zero-order valence-electron chi connectivity index (χ0n) is 18.2. The van der Waals surface area contributed by atoms with E-state index < -0.39 is 49.1 Å². The molecule has 0 aromatic heterocycles. The van der Waals surface area contributed by atoms with Crippen molar-refractivity contribution in [3.8, 4) is 0 Å². The number of carbonyl (C=O) groups excluding carboxylic acids is 2. The summed E-state index contributed by atoms with van der Waals surface area (Å²) in [5, 5.41) is 25.7. The minimum atomic E-state index is -0.764. The minimum Gasteiger partial charge on any atom is -0.388 e. The quantitative estimate of drug-likeness (QED) is 0.368. The highest BCUT2D eigenvalue weighted by Crippen LogP contribution is 2.23. The molecular formula is C20H36N2O8. The van der Waals surface area contributed by atoms with Crippen molar-refractivity contribution in [2.75, 3.05) is 13.2 Å². The fourth-order valence-corrected chi connectivity index (χ4v) is 3.76. The largest absolute Gasteiger partial charge is 0.388 e. The second-order valence-corrected chi connectivity index (χ2v) is 8.06. The van der Waals surface area contributed by atoms with E-state index in [1.54, 1.807) is 13.8 Å². The van der Waals surface area contributed by atoms with Crippen LogP contribution in [0.1, 0.15) is 53.4 Å². The Morgan fingerprint density at radius 1 is 0.833 bits per heavy atom. The maximum Gasteiger partial charge on any atom is 0.217 e. The van der Waals surface area contributed by atoms with E-state index in [0.717, 1.165) is 12.8 Å². The van der Waals surface area contributed by atoms with Crippen molar-refractivity contribution in [2.45, 2.75) is 102 Å². The number of aliphatic hydroxyl groups is 2. The molecule has 4 N–H and O–H groups in total. The highest BCUT2D eigenvalue weighted by atomic mass is 16.7. The molecule has 0 aliphatic carbocycles. The Bertz CT molecular complexity index is 515. The Hall–Kier alpha value is -1.30. The standard InChI is InChI=1S/C20H36N2O8/c1-11-19(25)15(21-13(3)23)9-17(29-11)27-7-5-6-8-28-18-10-16(22-14(4)24)20(26)12(2)30-18/h11-12,15-20,25-26H,5-10H2,1-4H3,(H,21,23)(H,22,24)/t11-,12-,15-,16-,17+,18+,19+,20+/m0/s1. The summed E-state index contributed by atoms with van der Waals surface area (Å²) in [5.41, 5.74) is 0. The van der Waals surface area contributed by atoms with Gasteiger partial charge in [-0.3, -0.25) is 9.59 Å². The monoisotopic (exact) mass is 432 g/mol. The first kappa shape index (κ1) is 25.0. The summed E-state index contributed by atoms with van der Waals surface area (Å²) < 4.78 is 22.8. The van der Waals surface area contributed by atoms with Gasteiger partial charge in [-0.15, -0.1) is 0 Å². The maximum absolute atomic E-state index is 11.3. The molecular weight excluding hydrogens is 396 g/mol. The van der Waals surface area contributed by atoms with Gasteiger partial charge >= 0.3 is 0 Å². The van der Waals surface area contributed by atoms with Gasteiger partial charge in [-0.25, -0.2) is 0 Å². The van der Waals surface area contributed by atoms with E-state index in [0.29, 0.717) is 26.1 Å². The molecule has 2 aliphatic heterocycles. The van der Waals surface area contributed by atoms with Gasteiger partial charge in [-0.2, -0.15) is 0 Å². The van der Waals surface area contributed by atoms with Crippen LogP contribution in [-0.2, 0) is 28.5 Å². The maximum atomic E-state index is 11.3. The van der Waals surface area contributed by atoms with Crippen LogP contribution >= 0.6 is 0 Å². The van der Waals surface area contributed by atoms with E-state index in [4.69, 9.17) is 18.9 Å². The van der Waals surface area contributed by atoms with Gasteiger partial charge in [0.25, 0.3) is 0 Å². The molecule has 0 spiro atoms. The Kier molecular flexibility index (Phi) is 9.92. The molecule has 0 aromatic carbocycles. The molecule has 2 aliphatic rings. The smallest absolute Gasteiger partial charge is 0.217 e. The topological polar surface area (TPSA) is 136 Å². The molecule has 2 saturated heterocycles. The van der Waals surface area contributed by atoms with Crippen molar-refractivity contribution in [1.82, 2.24) is 10.6 Å². The Balaban J connectivity index is 1.63. The number of ether oxygens (including phenoxy) is 4. The second-order valence-electron chi connectivity index (χ2n) is 8.06. The van der Waals surface area contributed by atoms with Crippen LogP contribution < -0.4 is 10.6 Å². The third-order valence-corrected chi connectivity index (χ3v) is 5.34. The lowest BCUT2D eigenvalue weighted by Crippen LogP contribution is -2.55. The zero-order valence-corrected chi connectivity index (χ0v) is 18.2. The van der Waals surface area contributed by atoms with E-state index in [1.165, 1.54) is 13.8 Å². The second kappa shape index (κ2) is 11.9. The lowest BCUT2D eigenvalue weighted by Gasteiger charge is -2.38. The van der Waals surface area contributed by atoms with Gasteiger partial charge < -0.3 is 39.8 Å². The molecule has 2 heterocycles. The number of nitrogens with one attached hydrogen (secondary N) is 2. The van der Waals surface area contributed by atoms with E-state index >= 15 is 0 Å². The molecule has 0 unspecified atom stereocenters. The minimum absolute atomic E-state index is 0.198. The molecule has 174 valence electrons. The van der Waals surface area contributed by atoms with Gasteiger partial charge in [0.15, 0.2) is 12.6 Å². The SMILES string of the molecule is CC(=O)N[C@H]1C[C@H](OCCCCO[C@H]2C[C@H](NC(C)=O)[C@H](O)[C@H](C)O2)O[C@@H](C)[C@H]1O. The molecule has 2 amide bonds. The molecule has 0 aromatic rings. The van der Waals surface area contributed by atoms with Crippen LogP contribution in [0.25, 0.3) is 0 Å². The van der Waals surface area contributed by atoms with Crippen LogP contribution in [0.5, 0.6) is 0 Å². The van der Waals surface area contributed by atoms with Crippen LogP contribution in [0, 0.1) is 0 Å². The first-order valence-corrected chi connectivity index (χ1v) is 10.6. The van der Waals surface area contributed by atoms with E-state index in [9.17, 15) is 19.8 Å². The molecule has 0 saturated carbocycles. The molecule has 8 atom stereocenters. The summed E-state index contributed by atoms with van der Waals surface area (Å²) >= 11 is 0. The first-order valence-electron chi connectivity index (χ1n) is 10.6. The van der Waals surface area contributed by atoms with Crippen LogP contribution in [0.4, 0.5) is 0 Å². The van der Waals surface area contributed by atoms with Crippen LogP contribution in [-0.4, -0.2) is 84.3 Å². The normalized spacial score (nSPS) is 36.9. The highest BCUT2D eigenvalue weighted by molar-refractivity contribution is 5.73. The molecule has 10 heteroatoms. The van der Waals surface area contributed by atoms with Crippen LogP contribution in [0.2, 0.25) is 0 Å². The first-order chi connectivity index (χ1) is 14.2. The Labute approximate surface area is 177 Å². The number of aliphatic hydroxyl groups excluding tert-OH is 2. The van der Waals surface area contributed by atoms with Gasteiger partial charge in [-0.05, 0) is 26.7 Å². The fourth-order valence-electron chi connectivity index (χ4n) is 3.76. The number of unbranched alkanes of at least 4 members (excludes halogenated alkanes) is 1. The lowest BCUT2D eigenvalue weighted by molar-refractivity contribution is -0.230. The number of carbonyl (C=O) groups is 2. The summed E-state index contributed by atoms with van der Waals surface area (Å²) in [6.07, 6.45) is -1.09. The zero-order chi connectivity index (χ0) is 22.3. The average molecular weight is 433 g/mol. The predicted molar refractivity (Wildman–Crippen MR) is 106 cm³/mol. The van der Waals surface area contributed by atoms with Crippen molar-refractivity contribution in [1.29, 1.82) is 0 Å². The van der Waals surface area contributed by atoms with Gasteiger partial charge in [0.2, 0.25) is 11.8 Å². The average Bonchev–Trinajstić information content (AvgIpc) is 2.65. The van der Waals surface area contributed by atoms with Gasteiger partial charge in [-0.1, -0.05) is 0 Å². The summed E-state index contributed by atoms with van der Waals surface area (Å²) in [7, 11) is 0. The molecule has 2 fully saturated rings. The third-order valence-electron chi connectivity index (χ3n) is 5.34. The van der Waals surface area contributed by atoms with Gasteiger partial charge in [0.05, 0.1) is 24.3 Å². The fraction of sp³-hybridized carbons (Fsp3) is 0.900. The molecule has 2 rings (SSSR count). The summed E-state index contributed by atoms with van der Waals surface area (Å²) in [4.78, 5) is 22.6. The van der Waals surface area contributed by atoms with E-state index in [2.05, 4.69) is 10.6 Å². The van der Waals surface area contributed by atoms with E-state index in [-0.39, 0.29) is 11.8 Å². The number of amides is 2. The molecule has 0 radical (unpaired) electrons. The van der Waals surface area contributed by atoms with Crippen LogP contribution in [0.3, 0.4) is 0 Å². The summed E-state index contributed by atoms with van der Waals surface area (Å²) in [6.45, 7) is 7.24. The van der Waals surface area contributed by atoms with Crippen molar-refractivity contribution < 1.29 is 38.7 Å². The Morgan fingerprint density at radius 3 is 1.53 bits per heavy atom. The number of hydrogen-bond acceptors (Lipinski definition) is 8.